The van der Waals surface area contributed by atoms with Crippen molar-refractivity contribution in [1.82, 2.24) is 4.98 Å². The Balaban J connectivity index is 2.37. The molecule has 2 N–H and O–H groups in total. The van der Waals surface area contributed by atoms with Crippen LogP contribution in [-0.4, -0.2) is 26.5 Å². The van der Waals surface area contributed by atoms with Gasteiger partial charge < -0.3 is 10.4 Å². The van der Waals surface area contributed by atoms with Crippen LogP contribution in [0.15, 0.2) is 12.3 Å². The molecule has 0 bridgehead atoms. The second-order valence-electron chi connectivity index (χ2n) is 5.78. The molecule has 7 heteroatoms. The van der Waals surface area contributed by atoms with Gasteiger partial charge in [0, 0.05) is 11.8 Å². The highest BCUT2D eigenvalue weighted by molar-refractivity contribution is 5.83. The average Bonchev–Trinajstić information content (AvgIpc) is 2.41. The van der Waals surface area contributed by atoms with Gasteiger partial charge in [0.1, 0.15) is 5.54 Å². The summed E-state index contributed by atoms with van der Waals surface area (Å²) in [5.74, 6) is -0.469. The summed E-state index contributed by atoms with van der Waals surface area (Å²) in [7, 11) is 0. The number of aryl methyl sites for hydroxylation is 1. The van der Waals surface area contributed by atoms with Crippen LogP contribution in [-0.2, 0) is 4.79 Å². The molecule has 0 aliphatic heterocycles. The maximum atomic E-state index is 11.7. The van der Waals surface area contributed by atoms with E-state index in [1.165, 1.54) is 6.20 Å². The quantitative estimate of drug-likeness (QED) is 0.653. The Labute approximate surface area is 122 Å². The SMILES string of the molecule is Cc1ccnc(NC2(C(=O)O)CCC(C)CC2)c1[N+](=O)[O-]. The minimum Gasteiger partial charge on any atom is -0.480 e. The van der Waals surface area contributed by atoms with E-state index in [4.69, 9.17) is 0 Å². The zero-order valence-electron chi connectivity index (χ0n) is 12.1. The van der Waals surface area contributed by atoms with E-state index >= 15 is 0 Å². The molecule has 1 saturated carbocycles. The molecule has 7 nitrogen and oxygen atoms in total. The van der Waals surface area contributed by atoms with Crippen molar-refractivity contribution >= 4 is 17.5 Å². The van der Waals surface area contributed by atoms with Crippen molar-refractivity contribution in [2.75, 3.05) is 5.32 Å². The van der Waals surface area contributed by atoms with E-state index in [0.717, 1.165) is 12.8 Å². The van der Waals surface area contributed by atoms with Crippen LogP contribution in [0.5, 0.6) is 0 Å². The summed E-state index contributed by atoms with van der Waals surface area (Å²) in [6.07, 6.45) is 3.88. The number of rotatable bonds is 4. The third-order valence-corrected chi connectivity index (χ3v) is 4.20. The lowest BCUT2D eigenvalue weighted by atomic mass is 9.77. The lowest BCUT2D eigenvalue weighted by Gasteiger charge is -2.36. The highest BCUT2D eigenvalue weighted by atomic mass is 16.6. The molecular weight excluding hydrogens is 274 g/mol. The van der Waals surface area contributed by atoms with E-state index < -0.39 is 16.4 Å². The Morgan fingerprint density at radius 1 is 1.52 bits per heavy atom. The number of pyridine rings is 1. The number of hydrogen-bond donors (Lipinski definition) is 2. The van der Waals surface area contributed by atoms with Gasteiger partial charge in [-0.1, -0.05) is 6.92 Å². The number of nitrogens with zero attached hydrogens (tertiary/aromatic N) is 2. The summed E-state index contributed by atoms with van der Waals surface area (Å²) in [5, 5.41) is 23.6. The highest BCUT2D eigenvalue weighted by Crippen LogP contribution is 2.37. The Kier molecular flexibility index (Phi) is 4.11. The van der Waals surface area contributed by atoms with Gasteiger partial charge in [0.05, 0.1) is 4.92 Å². The fourth-order valence-corrected chi connectivity index (χ4v) is 2.75. The van der Waals surface area contributed by atoms with Crippen LogP contribution in [0.25, 0.3) is 0 Å². The first-order valence-electron chi connectivity index (χ1n) is 6.97. The average molecular weight is 293 g/mol. The van der Waals surface area contributed by atoms with E-state index in [1.807, 2.05) is 0 Å². The zero-order chi connectivity index (χ0) is 15.6. The number of nitro groups is 1. The van der Waals surface area contributed by atoms with Gasteiger partial charge in [-0.2, -0.15) is 0 Å². The molecule has 0 aromatic carbocycles. The first-order valence-corrected chi connectivity index (χ1v) is 6.97. The summed E-state index contributed by atoms with van der Waals surface area (Å²) < 4.78 is 0. The van der Waals surface area contributed by atoms with E-state index in [-0.39, 0.29) is 11.5 Å². The topological polar surface area (TPSA) is 105 Å². The van der Waals surface area contributed by atoms with Crippen molar-refractivity contribution in [3.05, 3.63) is 27.9 Å². The second-order valence-corrected chi connectivity index (χ2v) is 5.78. The standard InChI is InChI=1S/C14H19N3O4/c1-9-3-6-14(7-4-9,13(18)19)16-12-11(17(20)21)10(2)5-8-15-12/h5,8-9H,3-4,6-7H2,1-2H3,(H,15,16)(H,18,19). The zero-order valence-corrected chi connectivity index (χ0v) is 12.1. The van der Waals surface area contributed by atoms with Crippen LogP contribution in [0.3, 0.4) is 0 Å². The molecule has 0 unspecified atom stereocenters. The summed E-state index contributed by atoms with van der Waals surface area (Å²) >= 11 is 0. The number of nitrogens with one attached hydrogen (secondary N) is 1. The second kappa shape index (κ2) is 5.67. The van der Waals surface area contributed by atoms with E-state index in [1.54, 1.807) is 13.0 Å². The monoisotopic (exact) mass is 293 g/mol. The van der Waals surface area contributed by atoms with Crippen molar-refractivity contribution in [1.29, 1.82) is 0 Å². The largest absolute Gasteiger partial charge is 0.480 e. The molecule has 2 rings (SSSR count). The van der Waals surface area contributed by atoms with Gasteiger partial charge in [0.2, 0.25) is 5.82 Å². The van der Waals surface area contributed by atoms with Crippen LogP contribution in [0, 0.1) is 23.0 Å². The molecule has 1 aromatic rings. The third kappa shape index (κ3) is 2.96. The molecule has 1 aliphatic carbocycles. The number of hydrogen-bond acceptors (Lipinski definition) is 5. The number of aromatic nitrogens is 1. The smallest absolute Gasteiger partial charge is 0.329 e. The molecule has 0 amide bonds. The molecule has 114 valence electrons. The van der Waals surface area contributed by atoms with E-state index in [0.29, 0.717) is 24.3 Å². The first kappa shape index (κ1) is 15.2. The predicted octanol–water partition coefficient (Wildman–Crippen LogP) is 2.74. The third-order valence-electron chi connectivity index (χ3n) is 4.20. The Morgan fingerprint density at radius 2 is 2.14 bits per heavy atom. The number of anilines is 1. The van der Waals surface area contributed by atoms with Crippen LogP contribution >= 0.6 is 0 Å². The number of aliphatic carboxylic acids is 1. The molecule has 1 heterocycles. The van der Waals surface area contributed by atoms with Crippen LogP contribution in [0.4, 0.5) is 11.5 Å². The molecule has 1 aliphatic rings. The molecule has 1 aromatic heterocycles. The van der Waals surface area contributed by atoms with Crippen molar-refractivity contribution in [3.63, 3.8) is 0 Å². The number of carboxylic acid groups (broad SMARTS) is 1. The van der Waals surface area contributed by atoms with Crippen LogP contribution in [0.2, 0.25) is 0 Å². The molecule has 21 heavy (non-hydrogen) atoms. The van der Waals surface area contributed by atoms with Gasteiger partial charge in [-0.25, -0.2) is 9.78 Å². The first-order chi connectivity index (χ1) is 9.85. The summed E-state index contributed by atoms with van der Waals surface area (Å²) in [4.78, 5) is 26.3. The minimum absolute atomic E-state index is 0.0388. The van der Waals surface area contributed by atoms with Crippen molar-refractivity contribution in [2.45, 2.75) is 45.1 Å². The number of carbonyl (C=O) groups is 1. The van der Waals surface area contributed by atoms with Crippen LogP contribution < -0.4 is 5.32 Å². The summed E-state index contributed by atoms with van der Waals surface area (Å²) in [5.41, 5.74) is -0.864. The Morgan fingerprint density at radius 3 is 2.67 bits per heavy atom. The van der Waals surface area contributed by atoms with Gasteiger partial charge >= 0.3 is 11.7 Å². The maximum absolute atomic E-state index is 11.7. The summed E-state index contributed by atoms with van der Waals surface area (Å²) in [6, 6.07) is 1.54. The molecular formula is C14H19N3O4. The van der Waals surface area contributed by atoms with Gasteiger partial charge in [-0.15, -0.1) is 0 Å². The number of carboxylic acids is 1. The van der Waals surface area contributed by atoms with Crippen molar-refractivity contribution < 1.29 is 14.8 Å². The molecule has 0 radical (unpaired) electrons. The fourth-order valence-electron chi connectivity index (χ4n) is 2.75. The molecule has 0 atom stereocenters. The fraction of sp³-hybridized carbons (Fsp3) is 0.571. The molecule has 0 spiro atoms. The minimum atomic E-state index is -1.17. The van der Waals surface area contributed by atoms with Crippen molar-refractivity contribution in [2.24, 2.45) is 5.92 Å². The van der Waals surface area contributed by atoms with Gasteiger partial charge in [0.15, 0.2) is 0 Å². The molecule has 0 saturated heterocycles. The predicted molar refractivity (Wildman–Crippen MR) is 77.2 cm³/mol. The van der Waals surface area contributed by atoms with Crippen molar-refractivity contribution in [3.8, 4) is 0 Å². The Bertz CT molecular complexity index is 565. The lowest BCUT2D eigenvalue weighted by molar-refractivity contribution is -0.384. The van der Waals surface area contributed by atoms with E-state index in [9.17, 15) is 20.0 Å². The van der Waals surface area contributed by atoms with Gasteiger partial charge in [-0.3, -0.25) is 10.1 Å². The Hall–Kier alpha value is -2.18. The highest BCUT2D eigenvalue weighted by Gasteiger charge is 2.42. The normalized spacial score (nSPS) is 25.3. The summed E-state index contributed by atoms with van der Waals surface area (Å²) in [6.45, 7) is 3.69. The van der Waals surface area contributed by atoms with Gasteiger partial charge in [0.25, 0.3) is 0 Å². The maximum Gasteiger partial charge on any atom is 0.329 e. The van der Waals surface area contributed by atoms with Crippen LogP contribution in [0.1, 0.15) is 38.2 Å². The van der Waals surface area contributed by atoms with Gasteiger partial charge in [-0.05, 0) is 44.6 Å². The molecule has 1 fully saturated rings. The van der Waals surface area contributed by atoms with E-state index in [2.05, 4.69) is 17.2 Å². The lowest BCUT2D eigenvalue weighted by Crippen LogP contribution is -2.49.